The van der Waals surface area contributed by atoms with Crippen LogP contribution in [0, 0.1) is 20.8 Å². The lowest BCUT2D eigenvalue weighted by molar-refractivity contribution is -0.112. The van der Waals surface area contributed by atoms with E-state index in [1.165, 1.54) is 23.8 Å². The van der Waals surface area contributed by atoms with E-state index in [0.717, 1.165) is 34.5 Å². The molecule has 0 radical (unpaired) electrons. The first-order valence-corrected chi connectivity index (χ1v) is 8.80. The van der Waals surface area contributed by atoms with E-state index < -0.39 is 17.6 Å². The van der Waals surface area contributed by atoms with Gasteiger partial charge < -0.3 is 0 Å². The summed E-state index contributed by atoms with van der Waals surface area (Å²) >= 11 is 1.25. The number of rotatable bonds is 5. The van der Waals surface area contributed by atoms with Gasteiger partial charge >= 0.3 is 0 Å². The van der Waals surface area contributed by atoms with Crippen molar-refractivity contribution in [2.24, 2.45) is 0 Å². The third-order valence-electron chi connectivity index (χ3n) is 3.59. The Bertz CT molecular complexity index is 899. The van der Waals surface area contributed by atoms with Crippen LogP contribution in [0.15, 0.2) is 53.5 Å². The standard InChI is InChI=1S/C20H20F2N2OS/c1-11-6-12(2)18(13(3)7-11)17-10-26-20(23-17)24-19(25)16(8-14(4)21)9-15(5)22/h6-10H,4H2,1-3,5H3,(H,23,24,25)/b15-9+,16-8+. The second-order valence-corrected chi connectivity index (χ2v) is 6.90. The number of nitrogens with zero attached hydrogens (tertiary/aromatic N) is 1. The fourth-order valence-corrected chi connectivity index (χ4v) is 3.45. The van der Waals surface area contributed by atoms with Crippen molar-refractivity contribution in [1.82, 2.24) is 4.98 Å². The number of allylic oxidation sites excluding steroid dienone is 3. The SMILES string of the molecule is C=C(F)/C=C(\C=C(/C)F)C(=O)Nc1nc(-c2c(C)cc(C)cc2C)cs1. The lowest BCUT2D eigenvalue weighted by Crippen LogP contribution is -2.13. The zero-order chi connectivity index (χ0) is 19.4. The Morgan fingerprint density at radius 3 is 2.35 bits per heavy atom. The molecule has 0 aliphatic rings. The molecule has 3 nitrogen and oxygen atoms in total. The first kappa shape index (κ1) is 19.7. The minimum Gasteiger partial charge on any atom is -0.298 e. The van der Waals surface area contributed by atoms with Crippen molar-refractivity contribution in [3.63, 3.8) is 0 Å². The number of nitrogens with one attached hydrogen (secondary N) is 1. The molecule has 2 rings (SSSR count). The van der Waals surface area contributed by atoms with Gasteiger partial charge in [0.1, 0.15) is 5.83 Å². The number of hydrogen-bond donors (Lipinski definition) is 1. The Balaban J connectivity index is 2.29. The monoisotopic (exact) mass is 374 g/mol. The Morgan fingerprint density at radius 1 is 1.19 bits per heavy atom. The molecule has 0 spiro atoms. The Kier molecular flexibility index (Phi) is 6.21. The van der Waals surface area contributed by atoms with Crippen molar-refractivity contribution in [2.45, 2.75) is 27.7 Å². The molecule has 0 unspecified atom stereocenters. The van der Waals surface area contributed by atoms with Crippen molar-refractivity contribution in [3.05, 3.63) is 70.2 Å². The molecule has 26 heavy (non-hydrogen) atoms. The average molecular weight is 374 g/mol. The van der Waals surface area contributed by atoms with E-state index in [4.69, 9.17) is 0 Å². The molecule has 0 atom stereocenters. The van der Waals surface area contributed by atoms with Crippen molar-refractivity contribution in [3.8, 4) is 11.3 Å². The summed E-state index contributed by atoms with van der Waals surface area (Å²) in [4.78, 5) is 16.7. The third kappa shape index (κ3) is 4.95. The first-order valence-electron chi connectivity index (χ1n) is 7.92. The number of hydrogen-bond acceptors (Lipinski definition) is 3. The van der Waals surface area contributed by atoms with E-state index >= 15 is 0 Å². The summed E-state index contributed by atoms with van der Waals surface area (Å²) in [7, 11) is 0. The van der Waals surface area contributed by atoms with E-state index in [1.54, 1.807) is 0 Å². The summed E-state index contributed by atoms with van der Waals surface area (Å²) in [5, 5.41) is 4.77. The van der Waals surface area contributed by atoms with Gasteiger partial charge in [-0.15, -0.1) is 11.3 Å². The van der Waals surface area contributed by atoms with E-state index in [2.05, 4.69) is 29.0 Å². The van der Waals surface area contributed by atoms with Crippen molar-refractivity contribution < 1.29 is 13.6 Å². The van der Waals surface area contributed by atoms with E-state index in [0.29, 0.717) is 5.13 Å². The average Bonchev–Trinajstić information content (AvgIpc) is 2.92. The largest absolute Gasteiger partial charge is 0.298 e. The van der Waals surface area contributed by atoms with Crippen LogP contribution in [0.5, 0.6) is 0 Å². The molecular formula is C20H20F2N2OS. The number of amides is 1. The highest BCUT2D eigenvalue weighted by molar-refractivity contribution is 7.14. The van der Waals surface area contributed by atoms with Crippen LogP contribution in [-0.4, -0.2) is 10.9 Å². The van der Waals surface area contributed by atoms with Gasteiger partial charge in [-0.2, -0.15) is 0 Å². The quantitative estimate of drug-likeness (QED) is 0.518. The Morgan fingerprint density at radius 2 is 1.81 bits per heavy atom. The molecule has 6 heteroatoms. The number of aryl methyl sites for hydroxylation is 3. The summed E-state index contributed by atoms with van der Waals surface area (Å²) in [5.74, 6) is -2.10. The number of halogens is 2. The summed E-state index contributed by atoms with van der Waals surface area (Å²) in [6.45, 7) is 10.3. The topological polar surface area (TPSA) is 42.0 Å². The van der Waals surface area contributed by atoms with Gasteiger partial charge in [0.15, 0.2) is 5.13 Å². The molecule has 0 saturated heterocycles. The fraction of sp³-hybridized carbons (Fsp3) is 0.200. The van der Waals surface area contributed by atoms with Crippen LogP contribution >= 0.6 is 11.3 Å². The molecule has 136 valence electrons. The second kappa shape index (κ2) is 8.19. The van der Waals surface area contributed by atoms with E-state index in [9.17, 15) is 13.6 Å². The van der Waals surface area contributed by atoms with Crippen molar-refractivity contribution >= 4 is 22.4 Å². The molecular weight excluding hydrogens is 354 g/mol. The molecule has 1 aromatic heterocycles. The van der Waals surface area contributed by atoms with Crippen LogP contribution in [0.1, 0.15) is 23.6 Å². The van der Waals surface area contributed by atoms with Gasteiger partial charge in [-0.25, -0.2) is 13.8 Å². The van der Waals surface area contributed by atoms with Gasteiger partial charge in [0, 0.05) is 16.5 Å². The highest BCUT2D eigenvalue weighted by Crippen LogP contribution is 2.31. The van der Waals surface area contributed by atoms with Gasteiger partial charge in [0.2, 0.25) is 0 Å². The normalized spacial score (nSPS) is 12.2. The fourth-order valence-electron chi connectivity index (χ4n) is 2.76. The molecule has 1 N–H and O–H groups in total. The smallest absolute Gasteiger partial charge is 0.257 e. The summed E-state index contributed by atoms with van der Waals surface area (Å²) in [6.07, 6.45) is 1.82. The van der Waals surface area contributed by atoms with Crippen molar-refractivity contribution in [2.75, 3.05) is 5.32 Å². The van der Waals surface area contributed by atoms with Gasteiger partial charge in [-0.1, -0.05) is 24.3 Å². The molecule has 1 aromatic carbocycles. The predicted octanol–water partition coefficient (Wildman–Crippen LogP) is 5.96. The number of aromatic nitrogens is 1. The number of thiazole rings is 1. The van der Waals surface area contributed by atoms with Crippen LogP contribution in [0.25, 0.3) is 11.3 Å². The van der Waals surface area contributed by atoms with Crippen LogP contribution < -0.4 is 5.32 Å². The second-order valence-electron chi connectivity index (χ2n) is 6.04. The van der Waals surface area contributed by atoms with Crippen LogP contribution in [-0.2, 0) is 4.79 Å². The van der Waals surface area contributed by atoms with Crippen LogP contribution in [0.3, 0.4) is 0 Å². The minimum atomic E-state index is -0.835. The maximum Gasteiger partial charge on any atom is 0.257 e. The summed E-state index contributed by atoms with van der Waals surface area (Å²) in [6, 6.07) is 4.14. The number of carbonyl (C=O) groups is 1. The Hall–Kier alpha value is -2.60. The maximum atomic E-state index is 13.1. The summed E-state index contributed by atoms with van der Waals surface area (Å²) in [5.41, 5.74) is 4.95. The number of benzene rings is 1. The number of carbonyl (C=O) groups excluding carboxylic acids is 1. The minimum absolute atomic E-state index is 0.169. The zero-order valence-corrected chi connectivity index (χ0v) is 15.9. The van der Waals surface area contributed by atoms with Gasteiger partial charge in [-0.3, -0.25) is 10.1 Å². The summed E-state index contributed by atoms with van der Waals surface area (Å²) < 4.78 is 26.2. The lowest BCUT2D eigenvalue weighted by Gasteiger charge is -2.08. The van der Waals surface area contributed by atoms with E-state index in [-0.39, 0.29) is 5.57 Å². The first-order chi connectivity index (χ1) is 12.2. The van der Waals surface area contributed by atoms with Gasteiger partial charge in [-0.05, 0) is 51.0 Å². The van der Waals surface area contributed by atoms with Crippen LogP contribution in [0.2, 0.25) is 0 Å². The number of anilines is 1. The highest BCUT2D eigenvalue weighted by Gasteiger charge is 2.14. The zero-order valence-electron chi connectivity index (χ0n) is 15.1. The maximum absolute atomic E-state index is 13.1. The molecule has 2 aromatic rings. The third-order valence-corrected chi connectivity index (χ3v) is 4.34. The predicted molar refractivity (Wildman–Crippen MR) is 104 cm³/mol. The van der Waals surface area contributed by atoms with Gasteiger partial charge in [0.05, 0.1) is 11.5 Å². The van der Waals surface area contributed by atoms with Crippen LogP contribution in [0.4, 0.5) is 13.9 Å². The molecule has 1 heterocycles. The Labute approximate surface area is 155 Å². The molecule has 0 fully saturated rings. The molecule has 0 saturated carbocycles. The van der Waals surface area contributed by atoms with Crippen molar-refractivity contribution in [1.29, 1.82) is 0 Å². The van der Waals surface area contributed by atoms with Gasteiger partial charge in [0.25, 0.3) is 5.91 Å². The molecule has 1 amide bonds. The molecule has 0 aliphatic heterocycles. The molecule has 0 bridgehead atoms. The highest BCUT2D eigenvalue weighted by atomic mass is 32.1. The molecule has 0 aliphatic carbocycles. The lowest BCUT2D eigenvalue weighted by atomic mass is 9.98. The van der Waals surface area contributed by atoms with E-state index in [1.807, 2.05) is 26.2 Å².